The third kappa shape index (κ3) is 6.02. The summed E-state index contributed by atoms with van der Waals surface area (Å²) in [7, 11) is 0. The molecule has 2 aromatic carbocycles. The number of H-pyrrole nitrogens is 4. The first-order valence-electron chi connectivity index (χ1n) is 20.5. The summed E-state index contributed by atoms with van der Waals surface area (Å²) >= 11 is 1.84. The molecule has 6 aromatic heterocycles. The van der Waals surface area contributed by atoms with Gasteiger partial charge in [-0.1, -0.05) is 23.9 Å². The molecule has 4 aliphatic rings. The summed E-state index contributed by atoms with van der Waals surface area (Å²) in [5, 5.41) is 52.2. The van der Waals surface area contributed by atoms with Crippen molar-refractivity contribution in [1.29, 1.82) is 0 Å². The summed E-state index contributed by atoms with van der Waals surface area (Å²) in [5.74, 6) is 0.659. The Labute approximate surface area is 343 Å². The summed E-state index contributed by atoms with van der Waals surface area (Å²) < 4.78 is 8.99. The van der Waals surface area contributed by atoms with Crippen molar-refractivity contribution in [3.05, 3.63) is 79.6 Å². The highest BCUT2D eigenvalue weighted by atomic mass is 32.2. The van der Waals surface area contributed by atoms with Crippen LogP contribution in [0.4, 0.5) is 0 Å². The van der Waals surface area contributed by atoms with E-state index in [0.717, 1.165) is 110 Å². The minimum absolute atomic E-state index is 0.00101. The van der Waals surface area contributed by atoms with Gasteiger partial charge in [-0.25, -0.2) is 0 Å². The molecule has 4 saturated heterocycles. The zero-order valence-electron chi connectivity index (χ0n) is 32.7. The first-order valence-corrected chi connectivity index (χ1v) is 21.4. The molecule has 15 nitrogen and oxygen atoms in total. The molecule has 12 rings (SSSR count). The number of rotatable bonds is 9. The van der Waals surface area contributed by atoms with Crippen LogP contribution in [-0.4, -0.2) is 103 Å². The summed E-state index contributed by atoms with van der Waals surface area (Å²) in [6.45, 7) is 5.35. The minimum atomic E-state index is -0.0500. The van der Waals surface area contributed by atoms with E-state index in [-0.39, 0.29) is 11.6 Å². The Kier molecular flexibility index (Phi) is 8.04. The normalized spacial score (nSPS) is 24.4. The molecule has 4 aliphatic heterocycles. The molecule has 3 unspecified atom stereocenters. The van der Waals surface area contributed by atoms with Gasteiger partial charge in [0.05, 0.1) is 41.9 Å². The van der Waals surface area contributed by atoms with Crippen LogP contribution in [0.5, 0.6) is 5.88 Å². The van der Waals surface area contributed by atoms with E-state index in [0.29, 0.717) is 28.9 Å². The Bertz CT molecular complexity index is 2850. The number of ether oxygens (including phenoxy) is 1. The van der Waals surface area contributed by atoms with Gasteiger partial charge in [-0.05, 0) is 86.5 Å². The maximum absolute atomic E-state index is 7.02. The molecule has 0 spiro atoms. The Morgan fingerprint density at radius 1 is 0.746 bits per heavy atom. The number of aromatic nitrogens is 12. The van der Waals surface area contributed by atoms with Gasteiger partial charge in [-0.2, -0.15) is 20.4 Å². The van der Waals surface area contributed by atoms with Gasteiger partial charge in [0, 0.05) is 91.9 Å². The number of hydrogen-bond donors (Lipinski definition) is 5. The van der Waals surface area contributed by atoms with Gasteiger partial charge in [0.1, 0.15) is 17.5 Å². The van der Waals surface area contributed by atoms with Gasteiger partial charge in [-0.3, -0.25) is 25.3 Å². The van der Waals surface area contributed by atoms with Crippen molar-refractivity contribution in [3.63, 3.8) is 0 Å². The number of nitrogens with zero attached hydrogens (tertiary/aromatic N) is 9. The van der Waals surface area contributed by atoms with E-state index in [1.807, 2.05) is 53.6 Å². The molecular weight excluding hydrogens is 761 g/mol. The average molecular weight is 804 g/mol. The van der Waals surface area contributed by atoms with Crippen LogP contribution in [-0.2, 0) is 0 Å². The monoisotopic (exact) mass is 803 g/mol. The van der Waals surface area contributed by atoms with Crippen LogP contribution in [0, 0.1) is 0 Å². The maximum atomic E-state index is 7.02. The molecule has 8 aromatic rings. The summed E-state index contributed by atoms with van der Waals surface area (Å²) in [6.07, 6.45) is 17.9. The second kappa shape index (κ2) is 13.5. The molecule has 6 atom stereocenters. The van der Waals surface area contributed by atoms with Crippen molar-refractivity contribution < 1.29 is 9.42 Å². The van der Waals surface area contributed by atoms with E-state index in [2.05, 4.69) is 107 Å². The second-order valence-electron chi connectivity index (χ2n) is 17.1. The van der Waals surface area contributed by atoms with Crippen LogP contribution >= 0.6 is 11.8 Å². The molecule has 296 valence electrons. The SMILES string of the molecule is CC1(C)CC(Oc2ccc(-c3ccc(-c4cn[nH]c4)c4cn[nH]c34)n[n+]2-c2cc(-c3ccc(-c4cn[nH]c4)c4cn[nH]c34)nnc2S[C@H]2CC3[C@@H]4CC[C@H](C2)N34)CCN1. The van der Waals surface area contributed by atoms with Gasteiger partial charge < -0.3 is 10.1 Å². The van der Waals surface area contributed by atoms with Gasteiger partial charge in [0.25, 0.3) is 5.69 Å². The Balaban J connectivity index is 1.02. The van der Waals surface area contributed by atoms with E-state index < -0.39 is 0 Å². The molecule has 0 radical (unpaired) electrons. The number of hydrogen-bond acceptors (Lipinski definition) is 11. The Morgan fingerprint density at radius 3 is 2.14 bits per heavy atom. The van der Waals surface area contributed by atoms with Gasteiger partial charge >= 0.3 is 5.88 Å². The van der Waals surface area contributed by atoms with Crippen molar-refractivity contribution in [2.24, 2.45) is 0 Å². The van der Waals surface area contributed by atoms with Crippen molar-refractivity contribution in [3.8, 4) is 56.3 Å². The van der Waals surface area contributed by atoms with Crippen LogP contribution in [0.3, 0.4) is 0 Å². The number of benzene rings is 2. The van der Waals surface area contributed by atoms with E-state index in [9.17, 15) is 0 Å². The molecule has 10 heterocycles. The van der Waals surface area contributed by atoms with Gasteiger partial charge in [0.2, 0.25) is 0 Å². The Morgan fingerprint density at radius 2 is 1.46 bits per heavy atom. The van der Waals surface area contributed by atoms with E-state index in [4.69, 9.17) is 20.0 Å². The lowest BCUT2D eigenvalue weighted by Gasteiger charge is -2.35. The smallest absolute Gasteiger partial charge is 0.400 e. The molecule has 0 amide bonds. The van der Waals surface area contributed by atoms with Crippen LogP contribution in [0.15, 0.2) is 84.7 Å². The van der Waals surface area contributed by atoms with Crippen LogP contribution in [0.2, 0.25) is 0 Å². The molecule has 5 N–H and O–H groups in total. The lowest BCUT2D eigenvalue weighted by atomic mass is 9.91. The zero-order valence-corrected chi connectivity index (χ0v) is 33.5. The predicted molar refractivity (Wildman–Crippen MR) is 224 cm³/mol. The van der Waals surface area contributed by atoms with E-state index in [1.165, 1.54) is 12.8 Å². The van der Waals surface area contributed by atoms with E-state index in [1.54, 1.807) is 0 Å². The summed E-state index contributed by atoms with van der Waals surface area (Å²) in [5.41, 5.74) is 9.90. The summed E-state index contributed by atoms with van der Waals surface area (Å²) in [4.78, 5) is 2.75. The highest BCUT2D eigenvalue weighted by Crippen LogP contribution is 2.53. The van der Waals surface area contributed by atoms with Crippen LogP contribution in [0.25, 0.3) is 72.3 Å². The largest absolute Gasteiger partial charge is 0.439 e. The topological polar surface area (TPSA) is 182 Å². The minimum Gasteiger partial charge on any atom is -0.439 e. The quantitative estimate of drug-likeness (QED) is 0.0806. The van der Waals surface area contributed by atoms with Crippen LogP contribution in [0.1, 0.15) is 52.4 Å². The summed E-state index contributed by atoms with van der Waals surface area (Å²) in [6, 6.07) is 16.8. The number of fused-ring (bicyclic) bond motifs is 3. The fourth-order valence-corrected chi connectivity index (χ4v) is 11.4. The highest BCUT2D eigenvalue weighted by molar-refractivity contribution is 8.00. The van der Waals surface area contributed by atoms with Crippen molar-refractivity contribution in [2.45, 2.75) is 92.4 Å². The van der Waals surface area contributed by atoms with Crippen LogP contribution < -0.4 is 14.7 Å². The molecule has 0 saturated carbocycles. The fourth-order valence-electron chi connectivity index (χ4n) is 10.1. The zero-order chi connectivity index (χ0) is 39.2. The molecule has 4 fully saturated rings. The fraction of sp³-hybridized carbons (Fsp3) is 0.349. The highest BCUT2D eigenvalue weighted by Gasteiger charge is 2.58. The first kappa shape index (κ1) is 35.0. The predicted octanol–water partition coefficient (Wildman–Crippen LogP) is 6.39. The number of aromatic amines is 4. The molecule has 59 heavy (non-hydrogen) atoms. The van der Waals surface area contributed by atoms with Gasteiger partial charge in [-0.15, -0.1) is 10.2 Å². The first-order chi connectivity index (χ1) is 28.9. The second-order valence-corrected chi connectivity index (χ2v) is 18.4. The number of piperidine rings is 3. The molecule has 0 bridgehead atoms. The lowest BCUT2D eigenvalue weighted by Crippen LogP contribution is -2.50. The van der Waals surface area contributed by atoms with Crippen molar-refractivity contribution >= 4 is 33.6 Å². The molecular formula is C43H43N14OS+. The lowest BCUT2D eigenvalue weighted by molar-refractivity contribution is -0.668. The third-order valence-electron chi connectivity index (χ3n) is 12.9. The van der Waals surface area contributed by atoms with Crippen molar-refractivity contribution in [1.82, 2.24) is 66.3 Å². The maximum Gasteiger partial charge on any atom is 0.400 e. The number of thioether (sulfide) groups is 1. The molecule has 0 aliphatic carbocycles. The Hall–Kier alpha value is -5.97. The standard InChI is InChI=1S/C43H42N14OS/c1-43(2)16-26(11-12-44-43)58-39-10-8-34(30-6-4-28(23-17-45-46-18-23)32-21-49-52-40(30)32)55-57(39)38-15-35(31-7-5-29(24-19-47-48-20-24)33-22-50-53-41(31)33)51-54-42(38)59-27-13-25-3-9-36-37(14-27)56(25)36/h4-8,10,15,17-22,25-27,36-37,44,55H,3,9,11-14,16H2,1-2H3,(H2,45,46,47,48,49,50,51,52,53,54)/p+1/t25-,26?,27-,36+,37?,56?/m1/s1. The molecule has 16 heteroatoms. The van der Waals surface area contributed by atoms with Gasteiger partial charge in [0.15, 0.2) is 5.03 Å². The third-order valence-corrected chi connectivity index (χ3v) is 14.2. The van der Waals surface area contributed by atoms with E-state index >= 15 is 0 Å². The number of nitrogens with one attached hydrogen (secondary N) is 5. The average Bonchev–Trinajstić information content (AvgIpc) is 4.00. The van der Waals surface area contributed by atoms with Crippen molar-refractivity contribution in [2.75, 3.05) is 6.54 Å².